The van der Waals surface area contributed by atoms with Crippen LogP contribution in [-0.2, 0) is 6.42 Å². The summed E-state index contributed by atoms with van der Waals surface area (Å²) in [7, 11) is 7.99. The molecule has 0 radical (unpaired) electrons. The Labute approximate surface area is 106 Å². The Bertz CT molecular complexity index is 280. The SMILES string of the molecule is C=CCC(Cc1ccccc1)N(C)C.CNC. The molecule has 0 aliphatic carbocycles. The van der Waals surface area contributed by atoms with E-state index in [0.717, 1.165) is 12.8 Å². The minimum Gasteiger partial charge on any atom is -0.323 e. The third kappa shape index (κ3) is 7.72. The van der Waals surface area contributed by atoms with Crippen LogP contribution in [0.2, 0.25) is 0 Å². The number of benzene rings is 1. The standard InChI is InChI=1S/C13H19N.C2H7N/c1-4-8-13(14(2)3)11-12-9-6-5-7-10-12;1-3-2/h4-7,9-10,13H,1,8,11H2,2-3H3;3H,1-2H3. The van der Waals surface area contributed by atoms with Gasteiger partial charge in [-0.3, -0.25) is 0 Å². The van der Waals surface area contributed by atoms with E-state index in [1.54, 1.807) is 0 Å². The Morgan fingerprint density at radius 2 is 1.76 bits per heavy atom. The van der Waals surface area contributed by atoms with E-state index >= 15 is 0 Å². The largest absolute Gasteiger partial charge is 0.323 e. The van der Waals surface area contributed by atoms with E-state index in [2.05, 4.69) is 61.2 Å². The van der Waals surface area contributed by atoms with Gasteiger partial charge in [0, 0.05) is 6.04 Å². The predicted molar refractivity (Wildman–Crippen MR) is 77.4 cm³/mol. The maximum Gasteiger partial charge on any atom is 0.0164 e. The summed E-state index contributed by atoms with van der Waals surface area (Å²) < 4.78 is 0. The summed E-state index contributed by atoms with van der Waals surface area (Å²) in [6.45, 7) is 3.80. The number of hydrogen-bond donors (Lipinski definition) is 1. The van der Waals surface area contributed by atoms with Crippen LogP contribution in [0.15, 0.2) is 43.0 Å². The topological polar surface area (TPSA) is 15.3 Å². The zero-order valence-corrected chi connectivity index (χ0v) is 11.6. The summed E-state index contributed by atoms with van der Waals surface area (Å²) in [6.07, 6.45) is 4.13. The van der Waals surface area contributed by atoms with E-state index in [1.807, 2.05) is 20.2 Å². The average molecular weight is 234 g/mol. The van der Waals surface area contributed by atoms with Gasteiger partial charge in [0.25, 0.3) is 0 Å². The van der Waals surface area contributed by atoms with Crippen molar-refractivity contribution in [3.05, 3.63) is 48.6 Å². The van der Waals surface area contributed by atoms with Crippen molar-refractivity contribution >= 4 is 0 Å². The van der Waals surface area contributed by atoms with Crippen LogP contribution in [-0.4, -0.2) is 39.1 Å². The lowest BCUT2D eigenvalue weighted by Gasteiger charge is -2.23. The summed E-state index contributed by atoms with van der Waals surface area (Å²) in [5.41, 5.74) is 1.40. The molecule has 2 heteroatoms. The van der Waals surface area contributed by atoms with Crippen LogP contribution in [0.3, 0.4) is 0 Å². The van der Waals surface area contributed by atoms with Gasteiger partial charge in [0.2, 0.25) is 0 Å². The Morgan fingerprint density at radius 3 is 2.18 bits per heavy atom. The number of nitrogens with zero attached hydrogens (tertiary/aromatic N) is 1. The highest BCUT2D eigenvalue weighted by molar-refractivity contribution is 5.16. The van der Waals surface area contributed by atoms with E-state index in [9.17, 15) is 0 Å². The maximum atomic E-state index is 3.80. The number of nitrogens with one attached hydrogen (secondary N) is 1. The molecule has 1 aromatic carbocycles. The van der Waals surface area contributed by atoms with Crippen molar-refractivity contribution in [1.82, 2.24) is 10.2 Å². The maximum absolute atomic E-state index is 3.80. The minimum atomic E-state index is 0.565. The summed E-state index contributed by atoms with van der Waals surface area (Å²) in [5.74, 6) is 0. The molecule has 1 aromatic rings. The molecule has 96 valence electrons. The minimum absolute atomic E-state index is 0.565. The van der Waals surface area contributed by atoms with Gasteiger partial charge in [0.15, 0.2) is 0 Å². The van der Waals surface area contributed by atoms with Crippen LogP contribution in [0.5, 0.6) is 0 Å². The fraction of sp³-hybridized carbons (Fsp3) is 0.467. The highest BCUT2D eigenvalue weighted by Crippen LogP contribution is 2.09. The lowest BCUT2D eigenvalue weighted by molar-refractivity contribution is 0.293. The third-order valence-corrected chi connectivity index (χ3v) is 2.48. The van der Waals surface area contributed by atoms with Gasteiger partial charge in [-0.1, -0.05) is 36.4 Å². The highest BCUT2D eigenvalue weighted by Gasteiger charge is 2.09. The molecule has 17 heavy (non-hydrogen) atoms. The van der Waals surface area contributed by atoms with Crippen molar-refractivity contribution in [2.75, 3.05) is 28.2 Å². The molecular formula is C15H26N2. The molecule has 1 atom stereocenters. The van der Waals surface area contributed by atoms with Crippen molar-refractivity contribution in [3.63, 3.8) is 0 Å². The molecule has 1 unspecified atom stereocenters. The first-order valence-electron chi connectivity index (χ1n) is 6.05. The molecule has 1 N–H and O–H groups in total. The van der Waals surface area contributed by atoms with Crippen LogP contribution in [0.4, 0.5) is 0 Å². The van der Waals surface area contributed by atoms with Crippen molar-refractivity contribution in [3.8, 4) is 0 Å². The number of hydrogen-bond acceptors (Lipinski definition) is 2. The molecule has 0 fully saturated rings. The Hall–Kier alpha value is -1.12. The Kier molecular flexibility index (Phi) is 9.40. The lowest BCUT2D eigenvalue weighted by atomic mass is 10.0. The second-order valence-corrected chi connectivity index (χ2v) is 4.33. The van der Waals surface area contributed by atoms with Gasteiger partial charge >= 0.3 is 0 Å². The van der Waals surface area contributed by atoms with Gasteiger partial charge in [0.1, 0.15) is 0 Å². The molecule has 0 heterocycles. The van der Waals surface area contributed by atoms with Crippen LogP contribution in [0.25, 0.3) is 0 Å². The molecule has 0 spiro atoms. The smallest absolute Gasteiger partial charge is 0.0164 e. The first kappa shape index (κ1) is 15.9. The quantitative estimate of drug-likeness (QED) is 0.788. The van der Waals surface area contributed by atoms with Crippen LogP contribution in [0, 0.1) is 0 Å². The van der Waals surface area contributed by atoms with E-state index in [0.29, 0.717) is 6.04 Å². The molecule has 0 amide bonds. The molecule has 0 saturated heterocycles. The van der Waals surface area contributed by atoms with E-state index in [4.69, 9.17) is 0 Å². The molecule has 0 aromatic heterocycles. The predicted octanol–water partition coefficient (Wildman–Crippen LogP) is 2.57. The van der Waals surface area contributed by atoms with Gasteiger partial charge in [-0.15, -0.1) is 6.58 Å². The lowest BCUT2D eigenvalue weighted by Crippen LogP contribution is -2.29. The van der Waals surface area contributed by atoms with Gasteiger partial charge < -0.3 is 10.2 Å². The molecule has 0 aliphatic rings. The first-order chi connectivity index (χ1) is 8.15. The molecule has 2 nitrogen and oxygen atoms in total. The van der Waals surface area contributed by atoms with Crippen LogP contribution < -0.4 is 5.32 Å². The van der Waals surface area contributed by atoms with Crippen molar-refractivity contribution < 1.29 is 0 Å². The molecule has 0 saturated carbocycles. The third-order valence-electron chi connectivity index (χ3n) is 2.48. The summed E-state index contributed by atoms with van der Waals surface area (Å²) in [4.78, 5) is 2.26. The van der Waals surface area contributed by atoms with Crippen molar-refractivity contribution in [2.45, 2.75) is 18.9 Å². The van der Waals surface area contributed by atoms with Crippen molar-refractivity contribution in [2.24, 2.45) is 0 Å². The monoisotopic (exact) mass is 234 g/mol. The molecule has 0 bridgehead atoms. The number of likely N-dealkylation sites (N-methyl/N-ethyl adjacent to an activating group) is 1. The Morgan fingerprint density at radius 1 is 1.24 bits per heavy atom. The normalized spacial score (nSPS) is 11.6. The van der Waals surface area contributed by atoms with E-state index < -0.39 is 0 Å². The van der Waals surface area contributed by atoms with Crippen LogP contribution >= 0.6 is 0 Å². The molecular weight excluding hydrogens is 208 g/mol. The molecule has 0 aliphatic heterocycles. The fourth-order valence-electron chi connectivity index (χ4n) is 1.56. The second-order valence-electron chi connectivity index (χ2n) is 4.33. The van der Waals surface area contributed by atoms with Gasteiger partial charge in [-0.05, 0) is 46.6 Å². The van der Waals surface area contributed by atoms with E-state index in [1.165, 1.54) is 5.56 Å². The summed E-state index contributed by atoms with van der Waals surface area (Å²) >= 11 is 0. The zero-order valence-electron chi connectivity index (χ0n) is 11.6. The van der Waals surface area contributed by atoms with Gasteiger partial charge in [0.05, 0.1) is 0 Å². The summed E-state index contributed by atoms with van der Waals surface area (Å²) in [5, 5.41) is 2.75. The van der Waals surface area contributed by atoms with Crippen molar-refractivity contribution in [1.29, 1.82) is 0 Å². The summed E-state index contributed by atoms with van der Waals surface area (Å²) in [6, 6.07) is 11.2. The first-order valence-corrected chi connectivity index (χ1v) is 6.05. The number of rotatable bonds is 5. The fourth-order valence-corrected chi connectivity index (χ4v) is 1.56. The van der Waals surface area contributed by atoms with Gasteiger partial charge in [-0.25, -0.2) is 0 Å². The second kappa shape index (κ2) is 10.1. The molecule has 1 rings (SSSR count). The highest BCUT2D eigenvalue weighted by atomic mass is 15.1. The average Bonchev–Trinajstić information content (AvgIpc) is 2.31. The Balaban J connectivity index is 0.000000770. The van der Waals surface area contributed by atoms with Gasteiger partial charge in [-0.2, -0.15) is 0 Å². The zero-order chi connectivity index (χ0) is 13.1. The van der Waals surface area contributed by atoms with E-state index in [-0.39, 0.29) is 0 Å². The van der Waals surface area contributed by atoms with Crippen LogP contribution in [0.1, 0.15) is 12.0 Å².